The number of rotatable bonds is 8. The van der Waals surface area contributed by atoms with E-state index in [1.807, 2.05) is 6.92 Å². The summed E-state index contributed by atoms with van der Waals surface area (Å²) >= 11 is 0. The topological polar surface area (TPSA) is 56.6 Å². The number of nitriles is 1. The molecule has 0 saturated carbocycles. The van der Waals surface area contributed by atoms with E-state index in [4.69, 9.17) is 4.74 Å². The molecule has 5 nitrogen and oxygen atoms in total. The lowest BCUT2D eigenvalue weighted by Gasteiger charge is -2.39. The third-order valence-corrected chi connectivity index (χ3v) is 4.06. The van der Waals surface area contributed by atoms with Gasteiger partial charge in [0, 0.05) is 26.2 Å². The zero-order chi connectivity index (χ0) is 15.7. The molecule has 1 saturated heterocycles. The quantitative estimate of drug-likeness (QED) is 0.641. The number of piperazine rings is 1. The summed E-state index contributed by atoms with van der Waals surface area (Å²) in [5, 5.41) is 9.25. The Hall–Kier alpha value is -1.12. The van der Waals surface area contributed by atoms with Crippen LogP contribution in [0.15, 0.2) is 0 Å². The summed E-state index contributed by atoms with van der Waals surface area (Å²) in [5.74, 6) is -0.0989. The maximum absolute atomic E-state index is 12.1. The van der Waals surface area contributed by atoms with Gasteiger partial charge in [-0.3, -0.25) is 14.6 Å². The Labute approximate surface area is 128 Å². The summed E-state index contributed by atoms with van der Waals surface area (Å²) in [6, 6.07) is 2.30. The molecule has 0 aromatic heterocycles. The molecular weight excluding hydrogens is 266 g/mol. The van der Waals surface area contributed by atoms with Crippen LogP contribution in [0.2, 0.25) is 0 Å². The average molecular weight is 295 g/mol. The highest BCUT2D eigenvalue weighted by atomic mass is 16.5. The second kappa shape index (κ2) is 9.75. The van der Waals surface area contributed by atoms with Crippen molar-refractivity contribution in [2.75, 3.05) is 32.8 Å². The number of hydrogen-bond acceptors (Lipinski definition) is 5. The third kappa shape index (κ3) is 5.29. The molecule has 0 aromatic rings. The minimum atomic E-state index is -0.121. The molecule has 0 amide bonds. The molecule has 1 rings (SSSR count). The normalized spacial score (nSPS) is 19.7. The van der Waals surface area contributed by atoms with Gasteiger partial charge in [0.2, 0.25) is 0 Å². The second-order valence-corrected chi connectivity index (χ2v) is 5.56. The molecule has 1 fully saturated rings. The largest absolute Gasteiger partial charge is 0.465 e. The van der Waals surface area contributed by atoms with Gasteiger partial charge in [-0.2, -0.15) is 5.26 Å². The van der Waals surface area contributed by atoms with Crippen molar-refractivity contribution in [3.63, 3.8) is 0 Å². The average Bonchev–Trinajstić information content (AvgIpc) is 2.51. The van der Waals surface area contributed by atoms with Gasteiger partial charge in [-0.05, 0) is 19.8 Å². The monoisotopic (exact) mass is 295 g/mol. The summed E-state index contributed by atoms with van der Waals surface area (Å²) < 4.78 is 5.20. The summed E-state index contributed by atoms with van der Waals surface area (Å²) in [5.41, 5.74) is 0. The highest BCUT2D eigenvalue weighted by Gasteiger charge is 2.31. The molecule has 1 aliphatic heterocycles. The van der Waals surface area contributed by atoms with E-state index in [0.29, 0.717) is 6.61 Å². The number of nitrogens with zero attached hydrogens (tertiary/aromatic N) is 3. The molecular formula is C16H29N3O2. The summed E-state index contributed by atoms with van der Waals surface area (Å²) in [4.78, 5) is 16.5. The van der Waals surface area contributed by atoms with Gasteiger partial charge in [0.1, 0.15) is 6.04 Å². The van der Waals surface area contributed by atoms with Crippen LogP contribution in [0.25, 0.3) is 0 Å². The molecule has 2 atom stereocenters. The molecule has 0 aliphatic carbocycles. The van der Waals surface area contributed by atoms with Gasteiger partial charge in [-0.15, -0.1) is 0 Å². The van der Waals surface area contributed by atoms with Crippen LogP contribution in [0, 0.1) is 11.3 Å². The Morgan fingerprint density at radius 2 is 1.67 bits per heavy atom. The molecule has 21 heavy (non-hydrogen) atoms. The lowest BCUT2D eigenvalue weighted by Crippen LogP contribution is -2.55. The van der Waals surface area contributed by atoms with Crippen LogP contribution < -0.4 is 0 Å². The van der Waals surface area contributed by atoms with Crippen LogP contribution in [0.5, 0.6) is 0 Å². The Morgan fingerprint density at radius 3 is 2.14 bits per heavy atom. The zero-order valence-corrected chi connectivity index (χ0v) is 13.7. The molecule has 0 N–H and O–H groups in total. The van der Waals surface area contributed by atoms with Crippen molar-refractivity contribution in [2.45, 2.75) is 58.5 Å². The van der Waals surface area contributed by atoms with E-state index < -0.39 is 0 Å². The van der Waals surface area contributed by atoms with Crippen molar-refractivity contribution in [1.29, 1.82) is 5.26 Å². The fourth-order valence-electron chi connectivity index (χ4n) is 2.92. The van der Waals surface area contributed by atoms with Gasteiger partial charge in [0.15, 0.2) is 0 Å². The van der Waals surface area contributed by atoms with Crippen molar-refractivity contribution < 1.29 is 9.53 Å². The number of ether oxygens (including phenoxy) is 1. The number of carbonyl (C=O) groups excluding carboxylic acids is 1. The van der Waals surface area contributed by atoms with Gasteiger partial charge in [0.25, 0.3) is 0 Å². The minimum Gasteiger partial charge on any atom is -0.465 e. The lowest BCUT2D eigenvalue weighted by atomic mass is 10.1. The van der Waals surface area contributed by atoms with Crippen molar-refractivity contribution in [2.24, 2.45) is 0 Å². The van der Waals surface area contributed by atoms with E-state index in [1.54, 1.807) is 0 Å². The van der Waals surface area contributed by atoms with Crippen LogP contribution in [0.1, 0.15) is 46.5 Å². The van der Waals surface area contributed by atoms with E-state index in [9.17, 15) is 10.1 Å². The van der Waals surface area contributed by atoms with Gasteiger partial charge < -0.3 is 4.74 Å². The van der Waals surface area contributed by atoms with Crippen LogP contribution in [-0.2, 0) is 9.53 Å². The first-order chi connectivity index (χ1) is 10.2. The number of hydrogen-bond donors (Lipinski definition) is 0. The highest BCUT2D eigenvalue weighted by Crippen LogP contribution is 2.16. The molecule has 5 heteroatoms. The summed E-state index contributed by atoms with van der Waals surface area (Å²) in [7, 11) is 0. The zero-order valence-electron chi connectivity index (χ0n) is 13.7. The fraction of sp³-hybridized carbons (Fsp3) is 0.875. The van der Waals surface area contributed by atoms with Crippen LogP contribution >= 0.6 is 0 Å². The van der Waals surface area contributed by atoms with E-state index in [-0.39, 0.29) is 18.1 Å². The fourth-order valence-corrected chi connectivity index (χ4v) is 2.92. The van der Waals surface area contributed by atoms with Crippen molar-refractivity contribution >= 4 is 5.97 Å². The van der Waals surface area contributed by atoms with E-state index in [1.165, 1.54) is 0 Å². The van der Waals surface area contributed by atoms with E-state index in [2.05, 4.69) is 29.7 Å². The van der Waals surface area contributed by atoms with Gasteiger partial charge in [-0.1, -0.05) is 26.7 Å². The first kappa shape index (κ1) is 17.9. The Morgan fingerprint density at radius 1 is 1.10 bits per heavy atom. The maximum Gasteiger partial charge on any atom is 0.323 e. The molecule has 0 aromatic carbocycles. The summed E-state index contributed by atoms with van der Waals surface area (Å²) in [6.45, 7) is 9.88. The molecule has 0 radical (unpaired) electrons. The maximum atomic E-state index is 12.1. The van der Waals surface area contributed by atoms with Gasteiger partial charge >= 0.3 is 5.97 Å². The van der Waals surface area contributed by atoms with Crippen molar-refractivity contribution in [3.8, 4) is 6.07 Å². The van der Waals surface area contributed by atoms with Crippen LogP contribution in [0.4, 0.5) is 0 Å². The highest BCUT2D eigenvalue weighted by molar-refractivity contribution is 5.75. The van der Waals surface area contributed by atoms with Gasteiger partial charge in [0.05, 0.1) is 18.7 Å². The first-order valence-corrected chi connectivity index (χ1v) is 8.22. The van der Waals surface area contributed by atoms with E-state index in [0.717, 1.165) is 51.9 Å². The molecule has 0 bridgehead atoms. The minimum absolute atomic E-state index is 0.0179. The predicted octanol–water partition coefficient (Wildman–Crippen LogP) is 2.03. The standard InChI is InChI=1S/C16H29N3O2/c1-4-7-14(13-17)18-9-11-19(12-10-18)15(8-5-2)16(20)21-6-3/h14-15H,4-12H2,1-3H3. The predicted molar refractivity (Wildman–Crippen MR) is 82.8 cm³/mol. The third-order valence-electron chi connectivity index (χ3n) is 4.06. The van der Waals surface area contributed by atoms with Crippen molar-refractivity contribution in [1.82, 2.24) is 9.80 Å². The molecule has 0 spiro atoms. The Bertz CT molecular complexity index is 346. The Balaban J connectivity index is 2.56. The SMILES string of the molecule is CCCC(C#N)N1CCN(C(CCC)C(=O)OCC)CC1. The van der Waals surface area contributed by atoms with Crippen LogP contribution in [0.3, 0.4) is 0 Å². The van der Waals surface area contributed by atoms with E-state index >= 15 is 0 Å². The molecule has 1 aliphatic rings. The summed E-state index contributed by atoms with van der Waals surface area (Å²) in [6.07, 6.45) is 3.77. The molecule has 1 heterocycles. The first-order valence-electron chi connectivity index (χ1n) is 8.22. The van der Waals surface area contributed by atoms with Crippen molar-refractivity contribution in [3.05, 3.63) is 0 Å². The molecule has 2 unspecified atom stereocenters. The number of carbonyl (C=O) groups is 1. The number of esters is 1. The van der Waals surface area contributed by atoms with Gasteiger partial charge in [-0.25, -0.2) is 0 Å². The lowest BCUT2D eigenvalue weighted by molar-refractivity contribution is -0.150. The Kier molecular flexibility index (Phi) is 8.33. The molecule has 120 valence electrons. The second-order valence-electron chi connectivity index (χ2n) is 5.56. The smallest absolute Gasteiger partial charge is 0.323 e. The van der Waals surface area contributed by atoms with Crippen LogP contribution in [-0.4, -0.2) is 60.6 Å².